The topological polar surface area (TPSA) is 166 Å². The van der Waals surface area contributed by atoms with Gasteiger partial charge in [0.05, 0.1) is 32.0 Å². The van der Waals surface area contributed by atoms with Crippen molar-refractivity contribution < 1.29 is 29.3 Å². The van der Waals surface area contributed by atoms with Gasteiger partial charge in [0.15, 0.2) is 0 Å². The Morgan fingerprint density at radius 2 is 1.91 bits per heavy atom. The number of allylic oxidation sites excluding steroid dienone is 1. The highest BCUT2D eigenvalue weighted by molar-refractivity contribution is 5.88. The third-order valence-corrected chi connectivity index (χ3v) is 12.3. The second-order valence-corrected chi connectivity index (χ2v) is 14.7. The van der Waals surface area contributed by atoms with Gasteiger partial charge in [-0.25, -0.2) is 4.79 Å². The Morgan fingerprint density at radius 3 is 2.67 bits per heavy atom. The number of nitrogens with one attached hydrogen (secondary N) is 2. The molecule has 256 valence electrons. The van der Waals surface area contributed by atoms with Crippen molar-refractivity contribution in [2.24, 2.45) is 51.5 Å². The van der Waals surface area contributed by atoms with Gasteiger partial charge in [-0.05, 0) is 122 Å². The lowest BCUT2D eigenvalue weighted by Gasteiger charge is -2.62. The summed E-state index contributed by atoms with van der Waals surface area (Å²) in [5, 5.41) is 30.7. The number of terminal acetylenes is 1. The number of azide groups is 1. The normalized spacial score (nSPS) is 36.2. The number of aliphatic hydroxyl groups excluding tert-OH is 2. The molecule has 4 saturated carbocycles. The molecule has 0 aromatic rings. The SMILES string of the molecule is C#CCCOCCOC(=O)NC(CN=[N+]=[N-])NC(=O)C=CCC[C@@H](C)[C@H]1CC[C@H]2[C@@H]3CC[C@@H]4C[C@H](O)CC[C@]4(C)[C@H]3CC(O)[C@]12C. The molecule has 0 saturated heterocycles. The molecule has 0 bridgehead atoms. The van der Waals surface area contributed by atoms with Crippen LogP contribution in [0.15, 0.2) is 17.3 Å². The lowest BCUT2D eigenvalue weighted by atomic mass is 9.43. The summed E-state index contributed by atoms with van der Waals surface area (Å²) in [4.78, 5) is 27.4. The molecule has 0 spiro atoms. The molecule has 4 fully saturated rings. The summed E-state index contributed by atoms with van der Waals surface area (Å²) in [7, 11) is 0. The van der Waals surface area contributed by atoms with Crippen LogP contribution in [-0.2, 0) is 14.3 Å². The monoisotopic (exact) mass is 641 g/mol. The first-order valence-corrected chi connectivity index (χ1v) is 17.3. The van der Waals surface area contributed by atoms with Crippen LogP contribution in [0.3, 0.4) is 0 Å². The van der Waals surface area contributed by atoms with Crippen molar-refractivity contribution in [1.29, 1.82) is 0 Å². The number of carbonyl (C=O) groups excluding carboxylic acids is 2. The van der Waals surface area contributed by atoms with Crippen molar-refractivity contribution in [2.45, 2.75) is 110 Å². The molecule has 0 aromatic carbocycles. The lowest BCUT2D eigenvalue weighted by molar-refractivity contribution is -0.174. The van der Waals surface area contributed by atoms with Gasteiger partial charge in [0.1, 0.15) is 12.8 Å². The van der Waals surface area contributed by atoms with E-state index in [9.17, 15) is 19.8 Å². The van der Waals surface area contributed by atoms with E-state index < -0.39 is 18.2 Å². The minimum absolute atomic E-state index is 0.0145. The van der Waals surface area contributed by atoms with Crippen LogP contribution in [0.25, 0.3) is 10.4 Å². The predicted molar refractivity (Wildman–Crippen MR) is 175 cm³/mol. The van der Waals surface area contributed by atoms with Gasteiger partial charge in [-0.15, -0.1) is 12.3 Å². The third kappa shape index (κ3) is 8.20. The van der Waals surface area contributed by atoms with Crippen LogP contribution in [0, 0.1) is 58.7 Å². The van der Waals surface area contributed by atoms with Gasteiger partial charge in [-0.1, -0.05) is 32.0 Å². The Labute approximate surface area is 274 Å². The fraction of sp³-hybridized carbons (Fsp3) is 0.829. The number of fused-ring (bicyclic) bond motifs is 5. The van der Waals surface area contributed by atoms with E-state index in [-0.39, 0.29) is 42.8 Å². The number of hydrogen-bond donors (Lipinski definition) is 4. The quantitative estimate of drug-likeness (QED) is 0.0373. The van der Waals surface area contributed by atoms with Crippen molar-refractivity contribution in [2.75, 3.05) is 26.4 Å². The van der Waals surface area contributed by atoms with Gasteiger partial charge in [-0.2, -0.15) is 0 Å². The first-order valence-electron chi connectivity index (χ1n) is 17.3. The summed E-state index contributed by atoms with van der Waals surface area (Å²) in [5.74, 6) is 5.17. The van der Waals surface area contributed by atoms with Crippen LogP contribution < -0.4 is 10.6 Å². The summed E-state index contributed by atoms with van der Waals surface area (Å²) in [6, 6.07) is 0. The fourth-order valence-electron chi connectivity index (χ4n) is 9.99. The van der Waals surface area contributed by atoms with Crippen LogP contribution in [0.4, 0.5) is 4.79 Å². The highest BCUT2D eigenvalue weighted by atomic mass is 16.6. The largest absolute Gasteiger partial charge is 0.447 e. The number of amides is 2. The molecule has 0 aromatic heterocycles. The van der Waals surface area contributed by atoms with Gasteiger partial charge in [-0.3, -0.25) is 4.79 Å². The van der Waals surface area contributed by atoms with Crippen LogP contribution in [-0.4, -0.2) is 67.0 Å². The van der Waals surface area contributed by atoms with Crippen molar-refractivity contribution >= 4 is 12.0 Å². The molecule has 2 unspecified atom stereocenters. The van der Waals surface area contributed by atoms with Gasteiger partial charge >= 0.3 is 6.09 Å². The number of nitrogens with zero attached hydrogens (tertiary/aromatic N) is 3. The van der Waals surface area contributed by atoms with Crippen LogP contribution >= 0.6 is 0 Å². The molecule has 4 aliphatic carbocycles. The highest BCUT2D eigenvalue weighted by Gasteiger charge is 2.63. The average Bonchev–Trinajstić information content (AvgIpc) is 3.39. The van der Waals surface area contributed by atoms with E-state index in [2.05, 4.69) is 47.4 Å². The number of ether oxygens (including phenoxy) is 2. The molecule has 0 radical (unpaired) electrons. The summed E-state index contributed by atoms with van der Waals surface area (Å²) in [5.41, 5.74) is 8.84. The summed E-state index contributed by atoms with van der Waals surface area (Å²) in [6.07, 6.45) is 16.9. The predicted octanol–water partition coefficient (Wildman–Crippen LogP) is 5.47. The number of carbonyl (C=O) groups is 2. The van der Waals surface area contributed by atoms with E-state index >= 15 is 0 Å². The molecule has 0 aliphatic heterocycles. The molecule has 11 atom stereocenters. The minimum Gasteiger partial charge on any atom is -0.447 e. The van der Waals surface area contributed by atoms with E-state index in [0.29, 0.717) is 55.0 Å². The Bertz CT molecular complexity index is 1170. The highest BCUT2D eigenvalue weighted by Crippen LogP contribution is 2.68. The molecule has 11 nitrogen and oxygen atoms in total. The summed E-state index contributed by atoms with van der Waals surface area (Å²) >= 11 is 0. The Morgan fingerprint density at radius 1 is 1.11 bits per heavy atom. The molecule has 11 heteroatoms. The Kier molecular flexibility index (Phi) is 12.8. The van der Waals surface area contributed by atoms with Gasteiger partial charge in [0, 0.05) is 11.3 Å². The van der Waals surface area contributed by atoms with E-state index in [4.69, 9.17) is 21.4 Å². The molecule has 0 heterocycles. The van der Waals surface area contributed by atoms with Crippen molar-refractivity contribution in [3.63, 3.8) is 0 Å². The first-order chi connectivity index (χ1) is 22.0. The average molecular weight is 642 g/mol. The zero-order chi connectivity index (χ0) is 33.3. The van der Waals surface area contributed by atoms with E-state index in [1.165, 1.54) is 25.3 Å². The standard InChI is InChI=1S/C35H55N5O6/c1-5-6-17-45-18-19-46-33(44)39-31(22-37-40-36)38-32(43)10-8-7-9-23(2)27-13-14-28-26-12-11-24-20-25(41)15-16-34(24,3)29(26)21-30(42)35(27,28)4/h1,8,10,23-31,41-42H,6-7,9,11-22H2,2-4H3,(H,38,43)(H,39,44)/t23-,24-,25-,26+,27-,28+,29+,30?,31?,34+,35-/m1/s1. The second kappa shape index (κ2) is 16.4. The van der Waals surface area contributed by atoms with Crippen LogP contribution in [0.1, 0.15) is 91.4 Å². The van der Waals surface area contributed by atoms with Gasteiger partial charge < -0.3 is 30.3 Å². The van der Waals surface area contributed by atoms with Crippen LogP contribution in [0.5, 0.6) is 0 Å². The van der Waals surface area contributed by atoms with E-state index in [1.807, 2.05) is 6.08 Å². The number of alkyl carbamates (subject to hydrolysis) is 1. The van der Waals surface area contributed by atoms with E-state index in [0.717, 1.165) is 38.5 Å². The van der Waals surface area contributed by atoms with Crippen molar-refractivity contribution in [3.8, 4) is 12.3 Å². The van der Waals surface area contributed by atoms with Crippen LogP contribution in [0.2, 0.25) is 0 Å². The van der Waals surface area contributed by atoms with Crippen molar-refractivity contribution in [1.82, 2.24) is 10.6 Å². The Balaban J connectivity index is 1.25. The maximum Gasteiger partial charge on any atom is 0.408 e. The summed E-state index contributed by atoms with van der Waals surface area (Å²) < 4.78 is 10.3. The number of hydrogen-bond acceptors (Lipinski definition) is 7. The maximum absolute atomic E-state index is 12.6. The Hall–Kier alpha value is -2.77. The zero-order valence-corrected chi connectivity index (χ0v) is 27.9. The molecule has 4 aliphatic rings. The van der Waals surface area contributed by atoms with Gasteiger partial charge in [0.2, 0.25) is 5.91 Å². The third-order valence-electron chi connectivity index (χ3n) is 12.3. The first kappa shape index (κ1) is 36.1. The lowest BCUT2D eigenvalue weighted by Crippen LogP contribution is -2.58. The summed E-state index contributed by atoms with van der Waals surface area (Å²) in [6.45, 7) is 7.50. The van der Waals surface area contributed by atoms with Gasteiger partial charge in [0.25, 0.3) is 0 Å². The zero-order valence-electron chi connectivity index (χ0n) is 27.9. The molecule has 46 heavy (non-hydrogen) atoms. The second-order valence-electron chi connectivity index (χ2n) is 14.7. The molecular weight excluding hydrogens is 586 g/mol. The molecule has 4 N–H and O–H groups in total. The number of rotatable bonds is 14. The smallest absolute Gasteiger partial charge is 0.408 e. The minimum atomic E-state index is -0.926. The number of aliphatic hydroxyl groups is 2. The maximum atomic E-state index is 12.6. The van der Waals surface area contributed by atoms with Crippen molar-refractivity contribution in [3.05, 3.63) is 22.6 Å². The molecule has 4 rings (SSSR count). The molecule has 2 amide bonds. The molecular formula is C35H55N5O6. The van der Waals surface area contributed by atoms with E-state index in [1.54, 1.807) is 0 Å². The fourth-order valence-corrected chi connectivity index (χ4v) is 9.99.